The molecule has 2 atom stereocenters. The summed E-state index contributed by atoms with van der Waals surface area (Å²) in [7, 11) is 1.70. The summed E-state index contributed by atoms with van der Waals surface area (Å²) in [5.41, 5.74) is 2.38. The van der Waals surface area contributed by atoms with E-state index in [0.717, 1.165) is 5.56 Å². The maximum absolute atomic E-state index is 13.9. The van der Waals surface area contributed by atoms with E-state index in [1.54, 1.807) is 24.1 Å². The van der Waals surface area contributed by atoms with Gasteiger partial charge in [-0.3, -0.25) is 9.59 Å². The molecule has 26 heavy (non-hydrogen) atoms. The van der Waals surface area contributed by atoms with Crippen molar-refractivity contribution in [1.82, 2.24) is 4.90 Å². The highest BCUT2D eigenvalue weighted by Crippen LogP contribution is 2.42. The molecule has 1 N–H and O–H groups in total. The number of halogens is 1. The van der Waals surface area contributed by atoms with Crippen LogP contribution in [-0.2, 0) is 9.59 Å². The Kier molecular flexibility index (Phi) is 4.23. The third-order valence-corrected chi connectivity index (χ3v) is 5.32. The second-order valence-electron chi connectivity index (χ2n) is 7.22. The van der Waals surface area contributed by atoms with Crippen molar-refractivity contribution < 1.29 is 14.0 Å². The lowest BCUT2D eigenvalue weighted by molar-refractivity contribution is -0.135. The number of nitrogens with one attached hydrogen (secondary N) is 1. The van der Waals surface area contributed by atoms with Crippen molar-refractivity contribution in [2.24, 2.45) is 5.92 Å². The number of hydrogen-bond acceptors (Lipinski definition) is 2. The zero-order valence-electron chi connectivity index (χ0n) is 14.6. The van der Waals surface area contributed by atoms with Crippen molar-refractivity contribution in [3.63, 3.8) is 0 Å². The summed E-state index contributed by atoms with van der Waals surface area (Å²) in [6.07, 6.45) is 2.40. The fourth-order valence-electron chi connectivity index (χ4n) is 3.73. The highest BCUT2D eigenvalue weighted by atomic mass is 19.1. The van der Waals surface area contributed by atoms with Gasteiger partial charge in [-0.25, -0.2) is 4.39 Å². The Bertz CT molecular complexity index is 863. The van der Waals surface area contributed by atoms with Crippen LogP contribution in [0.15, 0.2) is 48.5 Å². The minimum Gasteiger partial charge on any atom is -0.344 e. The molecule has 0 unspecified atom stereocenters. The maximum Gasteiger partial charge on any atom is 0.237 e. The van der Waals surface area contributed by atoms with Crippen LogP contribution < -0.4 is 5.32 Å². The van der Waals surface area contributed by atoms with Gasteiger partial charge in [-0.15, -0.1) is 0 Å². The van der Waals surface area contributed by atoms with Crippen LogP contribution in [0, 0.1) is 11.7 Å². The van der Waals surface area contributed by atoms with Gasteiger partial charge < -0.3 is 10.2 Å². The van der Waals surface area contributed by atoms with Gasteiger partial charge >= 0.3 is 0 Å². The first kappa shape index (κ1) is 16.8. The maximum atomic E-state index is 13.9. The number of likely N-dealkylation sites (tertiary alicyclic amines) is 1. The lowest BCUT2D eigenvalue weighted by Crippen LogP contribution is -2.33. The minimum atomic E-state index is -0.839. The number of carbonyl (C=O) groups excluding carboxylic acids is 2. The number of anilines is 1. The van der Waals surface area contributed by atoms with Gasteiger partial charge in [0.25, 0.3) is 0 Å². The second-order valence-corrected chi connectivity index (χ2v) is 7.22. The van der Waals surface area contributed by atoms with E-state index in [-0.39, 0.29) is 17.5 Å². The molecule has 1 saturated heterocycles. The lowest BCUT2D eigenvalue weighted by Gasteiger charge is -2.18. The molecule has 0 bridgehead atoms. The van der Waals surface area contributed by atoms with E-state index in [1.165, 1.54) is 30.5 Å². The van der Waals surface area contributed by atoms with Crippen LogP contribution in [-0.4, -0.2) is 30.3 Å². The van der Waals surface area contributed by atoms with E-state index in [4.69, 9.17) is 0 Å². The van der Waals surface area contributed by atoms with Crippen LogP contribution in [0.25, 0.3) is 0 Å². The standard InChI is InChI=1S/C21H21FN2O2/c1-24-12-16(15-6-4-5-14(11-15)13-9-10-13)19(21(24)26)20(25)23-18-8-3-2-7-17(18)22/h2-8,11,13,16,19H,9-10,12H2,1H3,(H,23,25)/t16-,19+/m1/s1. The molecule has 1 aliphatic carbocycles. The van der Waals surface area contributed by atoms with Gasteiger partial charge in [0.2, 0.25) is 11.8 Å². The van der Waals surface area contributed by atoms with E-state index >= 15 is 0 Å². The van der Waals surface area contributed by atoms with Crippen LogP contribution in [0.4, 0.5) is 10.1 Å². The molecule has 1 aliphatic heterocycles. The van der Waals surface area contributed by atoms with E-state index < -0.39 is 17.6 Å². The Hall–Kier alpha value is -2.69. The highest BCUT2D eigenvalue weighted by Gasteiger charge is 2.44. The van der Waals surface area contributed by atoms with Crippen molar-refractivity contribution >= 4 is 17.5 Å². The van der Waals surface area contributed by atoms with Crippen molar-refractivity contribution in [3.8, 4) is 0 Å². The van der Waals surface area contributed by atoms with E-state index in [9.17, 15) is 14.0 Å². The average molecular weight is 352 g/mol. The molecule has 2 amide bonds. The van der Waals surface area contributed by atoms with Gasteiger partial charge in [0, 0.05) is 19.5 Å². The molecule has 0 spiro atoms. The predicted molar refractivity (Wildman–Crippen MR) is 97.3 cm³/mol. The van der Waals surface area contributed by atoms with E-state index in [2.05, 4.69) is 17.4 Å². The van der Waals surface area contributed by atoms with Crippen LogP contribution >= 0.6 is 0 Å². The number of rotatable bonds is 4. The first-order chi connectivity index (χ1) is 12.5. The highest BCUT2D eigenvalue weighted by molar-refractivity contribution is 6.08. The second kappa shape index (κ2) is 6.56. The number of para-hydroxylation sites is 1. The Morgan fingerprint density at radius 3 is 2.58 bits per heavy atom. The number of amides is 2. The summed E-state index contributed by atoms with van der Waals surface area (Å²) < 4.78 is 13.9. The van der Waals surface area contributed by atoms with Gasteiger partial charge in [-0.05, 0) is 42.0 Å². The number of carbonyl (C=O) groups is 2. The summed E-state index contributed by atoms with van der Waals surface area (Å²) in [5, 5.41) is 2.59. The molecule has 0 radical (unpaired) electrons. The number of nitrogens with zero attached hydrogens (tertiary/aromatic N) is 1. The monoisotopic (exact) mass is 352 g/mol. The predicted octanol–water partition coefficient (Wildman–Crippen LogP) is 3.51. The quantitative estimate of drug-likeness (QED) is 0.856. The molecule has 5 heteroatoms. The van der Waals surface area contributed by atoms with Crippen LogP contribution in [0.1, 0.15) is 35.8 Å². The zero-order chi connectivity index (χ0) is 18.3. The number of likely N-dealkylation sites (N-methyl/N-ethyl adjacent to an activating group) is 1. The van der Waals surface area contributed by atoms with E-state index in [1.807, 2.05) is 12.1 Å². The molecule has 1 saturated carbocycles. The number of benzene rings is 2. The molecule has 4 nitrogen and oxygen atoms in total. The summed E-state index contributed by atoms with van der Waals surface area (Å²) in [6, 6.07) is 14.2. The molecular formula is C21H21FN2O2. The average Bonchev–Trinajstić information content (AvgIpc) is 3.44. The third kappa shape index (κ3) is 3.09. The van der Waals surface area contributed by atoms with Crippen molar-refractivity contribution in [3.05, 3.63) is 65.5 Å². The van der Waals surface area contributed by atoms with Gasteiger partial charge in [-0.1, -0.05) is 36.4 Å². The van der Waals surface area contributed by atoms with Crippen molar-refractivity contribution in [1.29, 1.82) is 0 Å². The lowest BCUT2D eigenvalue weighted by atomic mass is 9.86. The Morgan fingerprint density at radius 1 is 1.12 bits per heavy atom. The first-order valence-electron chi connectivity index (χ1n) is 8.95. The Balaban J connectivity index is 1.61. The van der Waals surface area contributed by atoms with Gasteiger partial charge in [0.05, 0.1) is 5.69 Å². The molecule has 4 rings (SSSR count). The Morgan fingerprint density at radius 2 is 1.85 bits per heavy atom. The molecule has 0 aromatic heterocycles. The fraction of sp³-hybridized carbons (Fsp3) is 0.333. The molecule has 2 aliphatic rings. The SMILES string of the molecule is CN1C[C@H](c2cccc(C3CC3)c2)[C@@H](C(=O)Nc2ccccc2F)C1=O. The molecule has 134 valence electrons. The van der Waals surface area contributed by atoms with Crippen LogP contribution in [0.3, 0.4) is 0 Å². The minimum absolute atomic E-state index is 0.102. The normalized spacial score (nSPS) is 22.5. The van der Waals surface area contributed by atoms with Crippen LogP contribution in [0.5, 0.6) is 0 Å². The van der Waals surface area contributed by atoms with Gasteiger partial charge in [-0.2, -0.15) is 0 Å². The number of hydrogen-bond donors (Lipinski definition) is 1. The van der Waals surface area contributed by atoms with Crippen molar-refractivity contribution in [2.75, 3.05) is 18.9 Å². The van der Waals surface area contributed by atoms with E-state index in [0.29, 0.717) is 12.5 Å². The topological polar surface area (TPSA) is 49.4 Å². The van der Waals surface area contributed by atoms with Gasteiger partial charge in [0.1, 0.15) is 11.7 Å². The molecule has 2 aromatic rings. The largest absolute Gasteiger partial charge is 0.344 e. The summed E-state index contributed by atoms with van der Waals surface area (Å²) in [6.45, 7) is 0.488. The smallest absolute Gasteiger partial charge is 0.237 e. The molecule has 2 aromatic carbocycles. The summed E-state index contributed by atoms with van der Waals surface area (Å²) in [4.78, 5) is 27.0. The van der Waals surface area contributed by atoms with Crippen LogP contribution in [0.2, 0.25) is 0 Å². The first-order valence-corrected chi connectivity index (χ1v) is 8.95. The zero-order valence-corrected chi connectivity index (χ0v) is 14.6. The molecule has 1 heterocycles. The van der Waals surface area contributed by atoms with Crippen molar-refractivity contribution in [2.45, 2.75) is 24.7 Å². The molecule has 2 fully saturated rings. The third-order valence-electron chi connectivity index (χ3n) is 5.32. The summed E-state index contributed by atoms with van der Waals surface area (Å²) in [5.74, 6) is -1.64. The Labute approximate surface area is 152 Å². The van der Waals surface area contributed by atoms with Gasteiger partial charge in [0.15, 0.2) is 0 Å². The molecular weight excluding hydrogens is 331 g/mol. The summed E-state index contributed by atoms with van der Waals surface area (Å²) >= 11 is 0. The fourth-order valence-corrected chi connectivity index (χ4v) is 3.73.